The van der Waals surface area contributed by atoms with E-state index >= 15 is 0 Å². The fourth-order valence-corrected chi connectivity index (χ4v) is 0.530. The first-order valence-electron chi connectivity index (χ1n) is 3.47. The summed E-state index contributed by atoms with van der Waals surface area (Å²) >= 11 is 0. The van der Waals surface area contributed by atoms with Crippen LogP contribution in [0.5, 0.6) is 0 Å². The second kappa shape index (κ2) is 4.06. The Morgan fingerprint density at radius 1 is 1.18 bits per heavy atom. The molecule has 0 aliphatic heterocycles. The summed E-state index contributed by atoms with van der Waals surface area (Å²) < 4.78 is 12.9. The van der Waals surface area contributed by atoms with Crippen LogP contribution in [0.2, 0.25) is 0 Å². The Balaban J connectivity index is 4.68. The lowest BCUT2D eigenvalue weighted by molar-refractivity contribution is -0.113. The Morgan fingerprint density at radius 2 is 1.64 bits per heavy atom. The van der Waals surface area contributed by atoms with E-state index in [4.69, 9.17) is 0 Å². The molecule has 0 aromatic rings. The summed E-state index contributed by atoms with van der Waals surface area (Å²) in [5.74, 6) is -0.655. The molecule has 0 aliphatic carbocycles. The Kier molecular flexibility index (Phi) is 3.72. The molecule has 0 spiro atoms. The molecule has 0 rings (SSSR count). The van der Waals surface area contributed by atoms with Crippen molar-refractivity contribution in [2.45, 2.75) is 27.7 Å². The molecule has 1 nitrogen and oxygen atoms in total. The Morgan fingerprint density at radius 3 is 1.91 bits per heavy atom. The topological polar surface area (TPSA) is 17.1 Å². The molecule has 0 saturated carbocycles. The number of hydrogen-bond acceptors (Lipinski definition) is 1. The van der Waals surface area contributed by atoms with E-state index in [0.717, 1.165) is 5.57 Å². The molecule has 0 atom stereocenters. The normalized spacial score (nSPS) is 12.1. The highest BCUT2D eigenvalue weighted by Crippen LogP contribution is 2.10. The lowest BCUT2D eigenvalue weighted by atomic mass is 10.1. The number of hydrogen-bond donors (Lipinski definition) is 0. The predicted molar refractivity (Wildman–Crippen MR) is 43.9 cm³/mol. The van der Waals surface area contributed by atoms with Gasteiger partial charge in [-0.3, -0.25) is 4.79 Å². The average Bonchev–Trinajstić information content (AvgIpc) is 1.84. The minimum Gasteiger partial charge on any atom is -0.295 e. The van der Waals surface area contributed by atoms with Gasteiger partial charge in [-0.15, -0.1) is 0 Å². The molecule has 0 unspecified atom stereocenters. The number of carbonyl (C=O) groups is 1. The van der Waals surface area contributed by atoms with E-state index in [-0.39, 0.29) is 11.4 Å². The fourth-order valence-electron chi connectivity index (χ4n) is 0.530. The zero-order chi connectivity index (χ0) is 9.02. The monoisotopic (exact) mass is 156 g/mol. The second-order valence-electron chi connectivity index (χ2n) is 2.75. The van der Waals surface area contributed by atoms with Gasteiger partial charge in [0.15, 0.2) is 5.78 Å². The summed E-state index contributed by atoms with van der Waals surface area (Å²) in [4.78, 5) is 10.6. The van der Waals surface area contributed by atoms with Gasteiger partial charge in [-0.25, -0.2) is 4.39 Å². The SMILES string of the molecule is CC(=O)/C(C)=C(\F)C=C(C)C. The number of Topliss-reactive ketones (excluding diaryl/α,β-unsaturated/α-hetero) is 1. The van der Waals surface area contributed by atoms with Crippen molar-refractivity contribution in [3.8, 4) is 0 Å². The van der Waals surface area contributed by atoms with Crippen LogP contribution < -0.4 is 0 Å². The van der Waals surface area contributed by atoms with Gasteiger partial charge in [-0.1, -0.05) is 5.57 Å². The van der Waals surface area contributed by atoms with Crippen molar-refractivity contribution in [2.24, 2.45) is 0 Å². The van der Waals surface area contributed by atoms with E-state index in [9.17, 15) is 9.18 Å². The van der Waals surface area contributed by atoms with E-state index in [1.165, 1.54) is 19.9 Å². The molecule has 0 N–H and O–H groups in total. The van der Waals surface area contributed by atoms with Gasteiger partial charge in [0.25, 0.3) is 0 Å². The van der Waals surface area contributed by atoms with Gasteiger partial charge in [-0.2, -0.15) is 0 Å². The molecule has 0 saturated heterocycles. The minimum absolute atomic E-state index is 0.186. The van der Waals surface area contributed by atoms with Crippen LogP contribution in [0, 0.1) is 0 Å². The van der Waals surface area contributed by atoms with Gasteiger partial charge >= 0.3 is 0 Å². The number of ketones is 1. The molecular weight excluding hydrogens is 143 g/mol. The van der Waals surface area contributed by atoms with Gasteiger partial charge < -0.3 is 0 Å². The van der Waals surface area contributed by atoms with Crippen LogP contribution in [0.4, 0.5) is 4.39 Å². The van der Waals surface area contributed by atoms with Crippen LogP contribution in [0.15, 0.2) is 23.0 Å². The quantitative estimate of drug-likeness (QED) is 0.444. The maximum Gasteiger partial charge on any atom is 0.158 e. The first kappa shape index (κ1) is 10.1. The third-order valence-electron chi connectivity index (χ3n) is 1.30. The highest BCUT2D eigenvalue weighted by Gasteiger charge is 2.02. The molecule has 0 aliphatic rings. The van der Waals surface area contributed by atoms with Crippen molar-refractivity contribution in [2.75, 3.05) is 0 Å². The van der Waals surface area contributed by atoms with Gasteiger partial charge in [0.05, 0.1) is 0 Å². The second-order valence-corrected chi connectivity index (χ2v) is 2.75. The van der Waals surface area contributed by atoms with E-state index in [0.29, 0.717) is 0 Å². The van der Waals surface area contributed by atoms with Crippen LogP contribution in [0.3, 0.4) is 0 Å². The molecular formula is C9H13FO. The van der Waals surface area contributed by atoms with E-state index in [1.54, 1.807) is 13.8 Å². The number of halogens is 1. The molecule has 0 heterocycles. The molecule has 0 fully saturated rings. The summed E-state index contributed by atoms with van der Waals surface area (Å²) in [6, 6.07) is 0. The van der Waals surface area contributed by atoms with Gasteiger partial charge in [0.1, 0.15) is 5.83 Å². The van der Waals surface area contributed by atoms with Gasteiger partial charge in [-0.05, 0) is 33.8 Å². The van der Waals surface area contributed by atoms with E-state index < -0.39 is 5.83 Å². The Bertz CT molecular complexity index is 220. The van der Waals surface area contributed by atoms with Crippen LogP contribution >= 0.6 is 0 Å². The highest BCUT2D eigenvalue weighted by molar-refractivity contribution is 5.93. The summed E-state index contributed by atoms with van der Waals surface area (Å²) in [5.41, 5.74) is 1.04. The molecule has 0 bridgehead atoms. The van der Waals surface area contributed by atoms with Crippen molar-refractivity contribution < 1.29 is 9.18 Å². The summed E-state index contributed by atoms with van der Waals surface area (Å²) in [6.07, 6.45) is 1.36. The molecule has 11 heavy (non-hydrogen) atoms. The van der Waals surface area contributed by atoms with Gasteiger partial charge in [0, 0.05) is 5.57 Å². The van der Waals surface area contributed by atoms with Crippen LogP contribution in [0.25, 0.3) is 0 Å². The maximum atomic E-state index is 12.9. The lowest BCUT2D eigenvalue weighted by Gasteiger charge is -1.95. The third-order valence-corrected chi connectivity index (χ3v) is 1.30. The predicted octanol–water partition coefficient (Wildman–Crippen LogP) is 2.79. The molecule has 0 aromatic carbocycles. The first-order chi connectivity index (χ1) is 4.95. The number of rotatable bonds is 2. The molecule has 62 valence electrons. The van der Waals surface area contributed by atoms with Gasteiger partial charge in [0.2, 0.25) is 0 Å². The number of allylic oxidation sites excluding steroid dienone is 4. The average molecular weight is 156 g/mol. The van der Waals surface area contributed by atoms with Crippen molar-refractivity contribution in [3.05, 3.63) is 23.0 Å². The maximum absolute atomic E-state index is 12.9. The number of carbonyl (C=O) groups excluding carboxylic acids is 1. The summed E-state index contributed by atoms with van der Waals surface area (Å²) in [7, 11) is 0. The summed E-state index contributed by atoms with van der Waals surface area (Å²) in [5, 5.41) is 0. The zero-order valence-electron chi connectivity index (χ0n) is 7.36. The molecule has 0 aromatic heterocycles. The Hall–Kier alpha value is -0.920. The fraction of sp³-hybridized carbons (Fsp3) is 0.444. The first-order valence-corrected chi connectivity index (χ1v) is 3.47. The molecule has 0 radical (unpaired) electrons. The van der Waals surface area contributed by atoms with E-state index in [1.807, 2.05) is 0 Å². The van der Waals surface area contributed by atoms with Crippen LogP contribution in [0.1, 0.15) is 27.7 Å². The van der Waals surface area contributed by atoms with Crippen molar-refractivity contribution >= 4 is 5.78 Å². The van der Waals surface area contributed by atoms with Crippen LogP contribution in [-0.2, 0) is 4.79 Å². The van der Waals surface area contributed by atoms with Crippen molar-refractivity contribution in [1.82, 2.24) is 0 Å². The van der Waals surface area contributed by atoms with Crippen molar-refractivity contribution in [3.63, 3.8) is 0 Å². The van der Waals surface area contributed by atoms with Crippen molar-refractivity contribution in [1.29, 1.82) is 0 Å². The zero-order valence-corrected chi connectivity index (χ0v) is 7.36. The summed E-state index contributed by atoms with van der Waals surface area (Å²) in [6.45, 7) is 6.41. The Labute approximate surface area is 66.6 Å². The molecule has 0 amide bonds. The van der Waals surface area contributed by atoms with E-state index in [2.05, 4.69) is 0 Å². The largest absolute Gasteiger partial charge is 0.295 e. The lowest BCUT2D eigenvalue weighted by Crippen LogP contribution is -1.93. The minimum atomic E-state index is -0.433. The smallest absolute Gasteiger partial charge is 0.158 e. The standard InChI is InChI=1S/C9H13FO/c1-6(2)5-9(10)7(3)8(4)11/h5H,1-4H3/b9-7-. The highest BCUT2D eigenvalue weighted by atomic mass is 19.1. The third kappa shape index (κ3) is 3.71. The molecule has 2 heteroatoms. The van der Waals surface area contributed by atoms with Crippen LogP contribution in [-0.4, -0.2) is 5.78 Å².